The van der Waals surface area contributed by atoms with Crippen LogP contribution in [0.4, 0.5) is 13.2 Å². The van der Waals surface area contributed by atoms with Crippen LogP contribution in [-0.4, -0.2) is 47.9 Å². The zero-order valence-electron chi connectivity index (χ0n) is 15.9. The van der Waals surface area contributed by atoms with E-state index in [0.717, 1.165) is 23.6 Å². The predicted molar refractivity (Wildman–Crippen MR) is 101 cm³/mol. The molecule has 2 aromatic rings. The molecule has 0 aliphatic heterocycles. The van der Waals surface area contributed by atoms with Gasteiger partial charge in [0.15, 0.2) is 0 Å². The van der Waals surface area contributed by atoms with Crippen molar-refractivity contribution in [3.63, 3.8) is 0 Å². The van der Waals surface area contributed by atoms with E-state index in [1.54, 1.807) is 17.9 Å². The molecule has 8 heteroatoms. The highest BCUT2D eigenvalue weighted by atomic mass is 32.1. The van der Waals surface area contributed by atoms with E-state index in [1.807, 2.05) is 25.9 Å². The molecule has 1 heterocycles. The Hall–Kier alpha value is -1.93. The van der Waals surface area contributed by atoms with Crippen molar-refractivity contribution in [1.82, 2.24) is 14.8 Å². The highest BCUT2D eigenvalue weighted by molar-refractivity contribution is 7.13. The highest BCUT2D eigenvalue weighted by Gasteiger charge is 2.30. The Bertz CT molecular complexity index is 787. The lowest BCUT2D eigenvalue weighted by molar-refractivity contribution is -0.137. The fourth-order valence-corrected chi connectivity index (χ4v) is 3.56. The zero-order valence-corrected chi connectivity index (χ0v) is 16.7. The van der Waals surface area contributed by atoms with Gasteiger partial charge in [-0.3, -0.25) is 4.79 Å². The summed E-state index contributed by atoms with van der Waals surface area (Å²) in [7, 11) is 3.78. The topological polar surface area (TPSA) is 36.4 Å². The van der Waals surface area contributed by atoms with Crippen molar-refractivity contribution in [2.75, 3.05) is 27.2 Å². The van der Waals surface area contributed by atoms with Crippen LogP contribution in [0.1, 0.15) is 38.4 Å². The first-order valence-corrected chi connectivity index (χ1v) is 9.50. The molecule has 0 atom stereocenters. The summed E-state index contributed by atoms with van der Waals surface area (Å²) in [5.74, 6) is -0.191. The third kappa shape index (κ3) is 5.77. The quantitative estimate of drug-likeness (QED) is 0.699. The number of likely N-dealkylation sites (N-methyl/N-ethyl adjacent to an activating group) is 1. The monoisotopic (exact) mass is 399 g/mol. The van der Waals surface area contributed by atoms with E-state index in [2.05, 4.69) is 4.98 Å². The Morgan fingerprint density at radius 3 is 2.48 bits per heavy atom. The minimum atomic E-state index is -4.40. The van der Waals surface area contributed by atoms with Crippen LogP contribution in [0.15, 0.2) is 24.3 Å². The number of halogens is 3. The second-order valence-electron chi connectivity index (χ2n) is 6.60. The lowest BCUT2D eigenvalue weighted by Gasteiger charge is -2.24. The summed E-state index contributed by atoms with van der Waals surface area (Å²) in [6, 6.07) is 5.13. The van der Waals surface area contributed by atoms with Gasteiger partial charge in [0.25, 0.3) is 5.91 Å². The largest absolute Gasteiger partial charge is 0.416 e. The molecule has 1 aromatic heterocycles. The molecule has 2 rings (SSSR count). The summed E-state index contributed by atoms with van der Waals surface area (Å²) in [6.45, 7) is 4.91. The van der Waals surface area contributed by atoms with Gasteiger partial charge in [0, 0.05) is 19.6 Å². The molecule has 0 bridgehead atoms. The molecule has 0 unspecified atom stereocenters. The first kappa shape index (κ1) is 21.4. The summed E-state index contributed by atoms with van der Waals surface area (Å²) in [4.78, 5) is 21.5. The Balaban J connectivity index is 2.28. The summed E-state index contributed by atoms with van der Waals surface area (Å²) >= 11 is 1.35. The molecule has 27 heavy (non-hydrogen) atoms. The number of amides is 1. The van der Waals surface area contributed by atoms with E-state index < -0.39 is 11.7 Å². The van der Waals surface area contributed by atoms with Gasteiger partial charge in [-0.1, -0.05) is 19.1 Å². The van der Waals surface area contributed by atoms with E-state index in [1.165, 1.54) is 17.4 Å². The number of hydrogen-bond donors (Lipinski definition) is 0. The van der Waals surface area contributed by atoms with Crippen molar-refractivity contribution >= 4 is 17.2 Å². The molecule has 0 saturated heterocycles. The van der Waals surface area contributed by atoms with Crippen molar-refractivity contribution in [3.05, 3.63) is 51.0 Å². The van der Waals surface area contributed by atoms with Gasteiger partial charge in [0.2, 0.25) is 0 Å². The van der Waals surface area contributed by atoms with Gasteiger partial charge in [0.05, 0.1) is 16.3 Å². The van der Waals surface area contributed by atoms with E-state index in [-0.39, 0.29) is 12.5 Å². The average Bonchev–Trinajstić information content (AvgIpc) is 2.98. The van der Waals surface area contributed by atoms with Gasteiger partial charge in [-0.15, -0.1) is 11.3 Å². The number of hydrogen-bond acceptors (Lipinski definition) is 4. The highest BCUT2D eigenvalue weighted by Crippen LogP contribution is 2.30. The second-order valence-corrected chi connectivity index (χ2v) is 7.69. The standard InChI is InChI=1S/C19H24F3N3OS/c1-5-16-23-13(2)17(27-16)18(26)25(10-9-24(3)4)12-14-7-6-8-15(11-14)19(20,21)22/h6-8,11H,5,9-10,12H2,1-4H3. The maximum absolute atomic E-state index is 13.0. The number of aryl methyl sites for hydroxylation is 2. The van der Waals surface area contributed by atoms with E-state index in [4.69, 9.17) is 0 Å². The van der Waals surface area contributed by atoms with Crippen LogP contribution in [0.2, 0.25) is 0 Å². The molecule has 0 aliphatic rings. The number of benzene rings is 1. The van der Waals surface area contributed by atoms with E-state index >= 15 is 0 Å². The summed E-state index contributed by atoms with van der Waals surface area (Å²) in [5.41, 5.74) is 0.415. The van der Waals surface area contributed by atoms with Crippen LogP contribution >= 0.6 is 11.3 Å². The number of carbonyl (C=O) groups is 1. The fourth-order valence-electron chi connectivity index (χ4n) is 2.59. The molecule has 4 nitrogen and oxygen atoms in total. The van der Waals surface area contributed by atoms with Gasteiger partial charge in [-0.25, -0.2) is 4.98 Å². The van der Waals surface area contributed by atoms with Crippen molar-refractivity contribution in [3.8, 4) is 0 Å². The van der Waals surface area contributed by atoms with Crippen molar-refractivity contribution in [2.24, 2.45) is 0 Å². The predicted octanol–water partition coefficient (Wildman–Crippen LogP) is 4.24. The van der Waals surface area contributed by atoms with Gasteiger partial charge in [0.1, 0.15) is 4.88 Å². The first-order valence-electron chi connectivity index (χ1n) is 8.68. The van der Waals surface area contributed by atoms with Crippen molar-refractivity contribution in [2.45, 2.75) is 33.0 Å². The molecular weight excluding hydrogens is 375 g/mol. The Morgan fingerprint density at radius 2 is 1.93 bits per heavy atom. The van der Waals surface area contributed by atoms with Crippen molar-refractivity contribution in [1.29, 1.82) is 0 Å². The van der Waals surface area contributed by atoms with Crippen LogP contribution in [0.3, 0.4) is 0 Å². The smallest absolute Gasteiger partial charge is 0.332 e. The molecule has 0 radical (unpaired) electrons. The second kappa shape index (κ2) is 8.84. The molecule has 1 aromatic carbocycles. The molecular formula is C19H24F3N3OS. The lowest BCUT2D eigenvalue weighted by atomic mass is 10.1. The molecule has 0 N–H and O–H groups in total. The lowest BCUT2D eigenvalue weighted by Crippen LogP contribution is -2.36. The molecule has 0 fully saturated rings. The maximum atomic E-state index is 13.0. The average molecular weight is 399 g/mol. The molecule has 0 spiro atoms. The van der Waals surface area contributed by atoms with Crippen LogP contribution in [0.5, 0.6) is 0 Å². The first-order chi connectivity index (χ1) is 12.6. The van der Waals surface area contributed by atoms with Crippen LogP contribution in [0.25, 0.3) is 0 Å². The Morgan fingerprint density at radius 1 is 1.22 bits per heavy atom. The third-order valence-electron chi connectivity index (χ3n) is 4.07. The minimum absolute atomic E-state index is 0.120. The maximum Gasteiger partial charge on any atom is 0.416 e. The fraction of sp³-hybridized carbons (Fsp3) is 0.474. The number of rotatable bonds is 7. The van der Waals surface area contributed by atoms with Crippen LogP contribution in [0, 0.1) is 6.92 Å². The van der Waals surface area contributed by atoms with Crippen molar-refractivity contribution < 1.29 is 18.0 Å². The number of carbonyl (C=O) groups excluding carboxylic acids is 1. The van der Waals surface area contributed by atoms with Gasteiger partial charge >= 0.3 is 6.18 Å². The van der Waals surface area contributed by atoms with Crippen LogP contribution in [-0.2, 0) is 19.1 Å². The minimum Gasteiger partial charge on any atom is -0.332 e. The van der Waals surface area contributed by atoms with E-state index in [0.29, 0.717) is 29.2 Å². The van der Waals surface area contributed by atoms with Gasteiger partial charge in [-0.05, 0) is 45.1 Å². The molecule has 148 valence electrons. The molecule has 1 amide bonds. The number of nitrogens with zero attached hydrogens (tertiary/aromatic N) is 3. The molecule has 0 saturated carbocycles. The third-order valence-corrected chi connectivity index (χ3v) is 5.36. The summed E-state index contributed by atoms with van der Waals surface area (Å²) in [5, 5.41) is 0.877. The summed E-state index contributed by atoms with van der Waals surface area (Å²) in [6.07, 6.45) is -3.66. The number of alkyl halides is 3. The van der Waals surface area contributed by atoms with Gasteiger partial charge in [-0.2, -0.15) is 13.2 Å². The Labute approximate surface area is 161 Å². The van der Waals surface area contributed by atoms with E-state index in [9.17, 15) is 18.0 Å². The van der Waals surface area contributed by atoms with Crippen LogP contribution < -0.4 is 0 Å². The normalized spacial score (nSPS) is 11.9. The van der Waals surface area contributed by atoms with Gasteiger partial charge < -0.3 is 9.80 Å². The SMILES string of the molecule is CCc1nc(C)c(C(=O)N(CCN(C)C)Cc2cccc(C(F)(F)F)c2)s1. The Kier molecular flexibility index (Phi) is 7.00. The number of aromatic nitrogens is 1. The zero-order chi connectivity index (χ0) is 20.2. The number of thiazole rings is 1. The summed E-state index contributed by atoms with van der Waals surface area (Å²) < 4.78 is 39.0. The molecule has 0 aliphatic carbocycles.